The van der Waals surface area contributed by atoms with Gasteiger partial charge in [0.25, 0.3) is 0 Å². The molecular weight excluding hydrogens is 452 g/mol. The summed E-state index contributed by atoms with van der Waals surface area (Å²) in [5.74, 6) is -0.692. The van der Waals surface area contributed by atoms with E-state index in [2.05, 4.69) is 0 Å². The zero-order valence-corrected chi connectivity index (χ0v) is 19.6. The molecule has 1 aliphatic rings. The van der Waals surface area contributed by atoms with E-state index < -0.39 is 16.0 Å². The van der Waals surface area contributed by atoms with Crippen LogP contribution in [0.2, 0.25) is 5.02 Å². The van der Waals surface area contributed by atoms with E-state index in [1.54, 1.807) is 48.5 Å². The van der Waals surface area contributed by atoms with Gasteiger partial charge in [0.2, 0.25) is 15.9 Å². The van der Waals surface area contributed by atoms with Crippen LogP contribution >= 0.6 is 11.6 Å². The van der Waals surface area contributed by atoms with Crippen LogP contribution in [0, 0.1) is 0 Å². The number of hydrogen-bond donors (Lipinski definition) is 0. The highest BCUT2D eigenvalue weighted by Gasteiger charge is 2.27. The molecule has 3 rings (SSSR count). The fourth-order valence-corrected chi connectivity index (χ4v) is 5.22. The van der Waals surface area contributed by atoms with Gasteiger partial charge in [0.15, 0.2) is 0 Å². The predicted octanol–water partition coefficient (Wildman–Crippen LogP) is 3.26. The summed E-state index contributed by atoms with van der Waals surface area (Å²) >= 11 is 5.92. The van der Waals surface area contributed by atoms with Gasteiger partial charge in [0, 0.05) is 31.1 Å². The van der Waals surface area contributed by atoms with Gasteiger partial charge in [-0.2, -0.15) is 4.31 Å². The van der Waals surface area contributed by atoms with Gasteiger partial charge < -0.3 is 9.64 Å². The lowest BCUT2D eigenvalue weighted by molar-refractivity contribution is -0.147. The first-order valence-corrected chi connectivity index (χ1v) is 12.3. The second kappa shape index (κ2) is 10.9. The largest absolute Gasteiger partial charge is 0.468 e. The van der Waals surface area contributed by atoms with Gasteiger partial charge in [-0.3, -0.25) is 9.59 Å². The number of hydrogen-bond acceptors (Lipinski definition) is 5. The summed E-state index contributed by atoms with van der Waals surface area (Å²) in [6, 6.07) is 13.7. The molecule has 1 fully saturated rings. The highest BCUT2D eigenvalue weighted by molar-refractivity contribution is 7.89. The molecule has 0 aromatic heterocycles. The number of carbonyl (C=O) groups excluding carboxylic acids is 2. The number of methoxy groups -OCH3 is 1. The molecule has 0 saturated carbocycles. The maximum atomic E-state index is 12.8. The lowest BCUT2D eigenvalue weighted by Gasteiger charge is -2.22. The average molecular weight is 479 g/mol. The maximum Gasteiger partial charge on any atom is 0.325 e. The van der Waals surface area contributed by atoms with Crippen molar-refractivity contribution in [1.29, 1.82) is 0 Å². The Morgan fingerprint density at radius 3 is 2.19 bits per heavy atom. The van der Waals surface area contributed by atoms with Gasteiger partial charge in [-0.1, -0.05) is 35.9 Å². The van der Waals surface area contributed by atoms with E-state index in [1.807, 2.05) is 0 Å². The molecule has 0 aliphatic carbocycles. The predicted molar refractivity (Wildman–Crippen MR) is 122 cm³/mol. The van der Waals surface area contributed by atoms with Crippen molar-refractivity contribution < 1.29 is 22.7 Å². The molecule has 0 unspecified atom stereocenters. The molecule has 0 N–H and O–H groups in total. The number of esters is 1. The number of benzene rings is 2. The number of sulfonamides is 1. The summed E-state index contributed by atoms with van der Waals surface area (Å²) < 4.78 is 31.5. The Kier molecular flexibility index (Phi) is 8.28. The van der Waals surface area contributed by atoms with Crippen molar-refractivity contribution >= 4 is 33.5 Å². The van der Waals surface area contributed by atoms with E-state index in [0.29, 0.717) is 24.5 Å². The Hall–Kier alpha value is -2.42. The van der Waals surface area contributed by atoms with Crippen molar-refractivity contribution in [2.45, 2.75) is 37.1 Å². The summed E-state index contributed by atoms with van der Waals surface area (Å²) in [5, 5.41) is 0.592. The number of amides is 1. The highest BCUT2D eigenvalue weighted by atomic mass is 35.5. The van der Waals surface area contributed by atoms with Gasteiger partial charge in [-0.25, -0.2) is 8.42 Å². The number of carbonyl (C=O) groups is 2. The number of halogens is 1. The van der Waals surface area contributed by atoms with Gasteiger partial charge >= 0.3 is 5.97 Å². The normalized spacial score (nSPS) is 14.3. The third-order valence-electron chi connectivity index (χ3n) is 5.44. The first kappa shape index (κ1) is 24.2. The van der Waals surface area contributed by atoms with Crippen LogP contribution in [-0.2, 0) is 37.3 Å². The third kappa shape index (κ3) is 6.31. The SMILES string of the molecule is COC(=O)CN(Cc1ccc(Cl)cc1)C(=O)CCc1ccc(S(=O)(=O)N2CCCC2)cc1. The molecular formula is C23H27ClN2O5S. The zero-order valence-electron chi connectivity index (χ0n) is 18.0. The molecule has 1 heterocycles. The molecule has 1 saturated heterocycles. The minimum Gasteiger partial charge on any atom is -0.468 e. The molecule has 1 amide bonds. The topological polar surface area (TPSA) is 84.0 Å². The van der Waals surface area contributed by atoms with Crippen molar-refractivity contribution in [3.8, 4) is 0 Å². The summed E-state index contributed by atoms with van der Waals surface area (Å²) in [6.45, 7) is 1.23. The molecule has 2 aromatic carbocycles. The average Bonchev–Trinajstić information content (AvgIpc) is 3.34. The van der Waals surface area contributed by atoms with Crippen LogP contribution in [0.1, 0.15) is 30.4 Å². The van der Waals surface area contributed by atoms with Crippen molar-refractivity contribution in [2.75, 3.05) is 26.7 Å². The van der Waals surface area contributed by atoms with Crippen LogP contribution < -0.4 is 0 Å². The Morgan fingerprint density at radius 1 is 1.00 bits per heavy atom. The van der Waals surface area contributed by atoms with Gasteiger partial charge in [0.1, 0.15) is 6.54 Å². The smallest absolute Gasteiger partial charge is 0.325 e. The molecule has 2 aromatic rings. The number of nitrogens with zero attached hydrogens (tertiary/aromatic N) is 2. The molecule has 172 valence electrons. The van der Waals surface area contributed by atoms with Crippen LogP contribution in [0.25, 0.3) is 0 Å². The van der Waals surface area contributed by atoms with E-state index in [-0.39, 0.29) is 30.3 Å². The van der Waals surface area contributed by atoms with Gasteiger partial charge in [-0.05, 0) is 54.7 Å². The minimum absolute atomic E-state index is 0.148. The van der Waals surface area contributed by atoms with Crippen molar-refractivity contribution in [3.05, 3.63) is 64.7 Å². The lowest BCUT2D eigenvalue weighted by atomic mass is 10.1. The summed E-state index contributed by atoms with van der Waals surface area (Å²) in [7, 11) is -2.17. The first-order valence-electron chi connectivity index (χ1n) is 10.5. The van der Waals surface area contributed by atoms with E-state index in [4.69, 9.17) is 16.3 Å². The fraction of sp³-hybridized carbons (Fsp3) is 0.391. The summed E-state index contributed by atoms with van der Waals surface area (Å²) in [6.07, 6.45) is 2.39. The van der Waals surface area contributed by atoms with E-state index >= 15 is 0 Å². The minimum atomic E-state index is -3.46. The molecule has 9 heteroatoms. The third-order valence-corrected chi connectivity index (χ3v) is 7.61. The Labute approximate surface area is 194 Å². The molecule has 1 aliphatic heterocycles. The van der Waals surface area contributed by atoms with Crippen LogP contribution in [0.3, 0.4) is 0 Å². The molecule has 7 nitrogen and oxygen atoms in total. The first-order chi connectivity index (χ1) is 15.3. The zero-order chi connectivity index (χ0) is 23.1. The summed E-state index contributed by atoms with van der Waals surface area (Å²) in [4.78, 5) is 26.3. The molecule has 0 atom stereocenters. The fourth-order valence-electron chi connectivity index (χ4n) is 3.58. The van der Waals surface area contributed by atoms with E-state index in [9.17, 15) is 18.0 Å². The van der Waals surface area contributed by atoms with Crippen molar-refractivity contribution in [1.82, 2.24) is 9.21 Å². The van der Waals surface area contributed by atoms with Crippen molar-refractivity contribution in [2.24, 2.45) is 0 Å². The second-order valence-corrected chi connectivity index (χ2v) is 10.1. The maximum absolute atomic E-state index is 12.8. The van der Waals surface area contributed by atoms with Crippen LogP contribution in [0.5, 0.6) is 0 Å². The van der Waals surface area contributed by atoms with Gasteiger partial charge in [-0.15, -0.1) is 0 Å². The number of ether oxygens (including phenoxy) is 1. The molecule has 0 radical (unpaired) electrons. The molecule has 32 heavy (non-hydrogen) atoms. The van der Waals surface area contributed by atoms with Crippen LogP contribution in [0.4, 0.5) is 0 Å². The summed E-state index contributed by atoms with van der Waals surface area (Å²) in [5.41, 5.74) is 1.70. The Morgan fingerprint density at radius 2 is 1.59 bits per heavy atom. The molecule has 0 bridgehead atoms. The monoisotopic (exact) mass is 478 g/mol. The number of aryl methyl sites for hydroxylation is 1. The molecule has 0 spiro atoms. The van der Waals surface area contributed by atoms with Gasteiger partial charge in [0.05, 0.1) is 12.0 Å². The standard InChI is InChI=1S/C23H27ClN2O5S/c1-31-23(28)17-25(16-19-4-9-20(24)10-5-19)22(27)13-8-18-6-11-21(12-7-18)32(29,30)26-14-2-3-15-26/h4-7,9-12H,2-3,8,13-17H2,1H3. The van der Waals surface area contributed by atoms with Crippen LogP contribution in [0.15, 0.2) is 53.4 Å². The van der Waals surface area contributed by atoms with Crippen LogP contribution in [-0.4, -0.2) is 56.2 Å². The quantitative estimate of drug-likeness (QED) is 0.516. The lowest BCUT2D eigenvalue weighted by Crippen LogP contribution is -2.35. The van der Waals surface area contributed by atoms with E-state index in [0.717, 1.165) is 24.0 Å². The highest BCUT2D eigenvalue weighted by Crippen LogP contribution is 2.21. The number of rotatable bonds is 9. The Bertz CT molecular complexity index is 1030. The second-order valence-electron chi connectivity index (χ2n) is 7.71. The van der Waals surface area contributed by atoms with Crippen molar-refractivity contribution in [3.63, 3.8) is 0 Å². The Balaban J connectivity index is 1.63. The van der Waals surface area contributed by atoms with E-state index in [1.165, 1.54) is 16.3 Å².